The third kappa shape index (κ3) is 4.99. The molecular weight excluding hydrogens is 548 g/mol. The van der Waals surface area contributed by atoms with Crippen molar-refractivity contribution in [1.82, 2.24) is 14.2 Å². The van der Waals surface area contributed by atoms with Crippen molar-refractivity contribution in [2.75, 3.05) is 44.2 Å². The highest BCUT2D eigenvalue weighted by molar-refractivity contribution is 7.89. The van der Waals surface area contributed by atoms with Crippen LogP contribution in [0.4, 0.5) is 5.69 Å². The van der Waals surface area contributed by atoms with Gasteiger partial charge in [-0.1, -0.05) is 42.5 Å². The summed E-state index contributed by atoms with van der Waals surface area (Å²) in [5.41, 5.74) is 6.13. The number of aromatic amines is 1. The molecule has 2 atom stereocenters. The van der Waals surface area contributed by atoms with Gasteiger partial charge in [0.15, 0.2) is 0 Å². The molecule has 0 radical (unpaired) electrons. The fourth-order valence-electron chi connectivity index (χ4n) is 6.27. The summed E-state index contributed by atoms with van der Waals surface area (Å²) in [4.78, 5) is 21.4. The average molecular weight is 585 g/mol. The van der Waals surface area contributed by atoms with Gasteiger partial charge in [-0.25, -0.2) is 8.42 Å². The smallest absolute Gasteiger partial charge is 0.243 e. The van der Waals surface area contributed by atoms with Gasteiger partial charge in [-0.3, -0.25) is 4.79 Å². The van der Waals surface area contributed by atoms with Crippen LogP contribution in [0.5, 0.6) is 0 Å². The summed E-state index contributed by atoms with van der Waals surface area (Å²) in [5, 5.41) is 1.09. The molecule has 3 fully saturated rings. The minimum absolute atomic E-state index is 0.105. The third-order valence-electron chi connectivity index (χ3n) is 8.85. The fourth-order valence-corrected chi connectivity index (χ4v) is 7.93. The number of aryl methyl sites for hydroxylation is 1. The molecule has 1 unspecified atom stereocenters. The lowest BCUT2D eigenvalue weighted by atomic mass is 10.0. The summed E-state index contributed by atoms with van der Waals surface area (Å²) in [6, 6.07) is 23.2. The van der Waals surface area contributed by atoms with E-state index in [9.17, 15) is 13.2 Å². The molecule has 42 heavy (non-hydrogen) atoms. The van der Waals surface area contributed by atoms with Crippen molar-refractivity contribution in [2.24, 2.45) is 0 Å². The molecule has 1 amide bonds. The standard InChI is InChI=1S/C33H36N4O4S/c1-23-8-9-25-20-30(34-29(25)18-23)28-21-27(10-11-31(28)35-13-5-14-35)42(39,40)37-15-12-32(37)33(38)36-16-17-41-26(22-36)19-24-6-3-2-4-7-24/h2-4,6-11,18,20-21,26,32,34H,5,12-17,19,22H2,1H3/t26?,32-/m0/s1. The maximum atomic E-state index is 14.0. The molecule has 0 bridgehead atoms. The molecule has 3 aromatic carbocycles. The van der Waals surface area contributed by atoms with Crippen LogP contribution in [0.3, 0.4) is 0 Å². The van der Waals surface area contributed by atoms with Crippen LogP contribution >= 0.6 is 0 Å². The van der Waals surface area contributed by atoms with Crippen molar-refractivity contribution in [3.05, 3.63) is 83.9 Å². The predicted molar refractivity (Wildman–Crippen MR) is 164 cm³/mol. The van der Waals surface area contributed by atoms with Crippen LogP contribution < -0.4 is 4.90 Å². The van der Waals surface area contributed by atoms with Crippen molar-refractivity contribution in [3.63, 3.8) is 0 Å². The Morgan fingerprint density at radius 3 is 2.55 bits per heavy atom. The normalized spacial score (nSPS) is 21.3. The number of aromatic nitrogens is 1. The quantitative estimate of drug-likeness (QED) is 0.344. The number of sulfonamides is 1. The molecule has 0 saturated carbocycles. The van der Waals surface area contributed by atoms with Crippen molar-refractivity contribution in [3.8, 4) is 11.3 Å². The predicted octanol–water partition coefficient (Wildman–Crippen LogP) is 4.59. The fraction of sp³-hybridized carbons (Fsp3) is 0.364. The molecule has 3 aliphatic heterocycles. The van der Waals surface area contributed by atoms with Crippen molar-refractivity contribution in [1.29, 1.82) is 0 Å². The lowest BCUT2D eigenvalue weighted by Crippen LogP contribution is -2.61. The molecule has 4 aromatic rings. The topological polar surface area (TPSA) is 85.9 Å². The molecule has 1 N–H and O–H groups in total. The molecule has 0 aliphatic carbocycles. The number of hydrogen-bond donors (Lipinski definition) is 1. The van der Waals surface area contributed by atoms with Gasteiger partial charge in [0.1, 0.15) is 6.04 Å². The molecule has 3 saturated heterocycles. The van der Waals surface area contributed by atoms with Gasteiger partial charge >= 0.3 is 0 Å². The minimum atomic E-state index is -3.87. The number of nitrogens with one attached hydrogen (secondary N) is 1. The number of nitrogens with zero attached hydrogens (tertiary/aromatic N) is 3. The number of benzene rings is 3. The lowest BCUT2D eigenvalue weighted by molar-refractivity contribution is -0.145. The molecule has 3 aliphatic rings. The van der Waals surface area contributed by atoms with E-state index in [1.807, 2.05) is 24.3 Å². The highest BCUT2D eigenvalue weighted by atomic mass is 32.2. The Morgan fingerprint density at radius 1 is 0.976 bits per heavy atom. The Kier molecular flexibility index (Phi) is 7.04. The molecule has 0 spiro atoms. The number of anilines is 1. The summed E-state index contributed by atoms with van der Waals surface area (Å²) < 4.78 is 35.3. The second-order valence-electron chi connectivity index (χ2n) is 11.7. The molecular formula is C33H36N4O4S. The molecule has 4 heterocycles. The van der Waals surface area contributed by atoms with E-state index in [0.717, 1.165) is 64.9 Å². The van der Waals surface area contributed by atoms with E-state index in [1.165, 1.54) is 4.31 Å². The van der Waals surface area contributed by atoms with Gasteiger partial charge in [0.05, 0.1) is 17.6 Å². The Labute approximate surface area is 246 Å². The highest BCUT2D eigenvalue weighted by Gasteiger charge is 2.45. The van der Waals surface area contributed by atoms with Gasteiger partial charge < -0.3 is 19.5 Å². The summed E-state index contributed by atoms with van der Waals surface area (Å²) in [6.07, 6.45) is 2.26. The van der Waals surface area contributed by atoms with Crippen LogP contribution in [-0.2, 0) is 26.0 Å². The number of fused-ring (bicyclic) bond motifs is 1. The summed E-state index contributed by atoms with van der Waals surface area (Å²) in [6.45, 7) is 5.69. The number of amides is 1. The van der Waals surface area contributed by atoms with Crippen molar-refractivity contribution >= 4 is 32.5 Å². The minimum Gasteiger partial charge on any atom is -0.374 e. The van der Waals surface area contributed by atoms with Crippen LogP contribution in [-0.4, -0.2) is 80.0 Å². The van der Waals surface area contributed by atoms with Gasteiger partial charge in [0.25, 0.3) is 0 Å². The average Bonchev–Trinajstić information content (AvgIpc) is 3.35. The highest BCUT2D eigenvalue weighted by Crippen LogP contribution is 2.38. The van der Waals surface area contributed by atoms with E-state index in [2.05, 4.69) is 53.2 Å². The number of carbonyl (C=O) groups excluding carboxylic acids is 1. The van der Waals surface area contributed by atoms with Crippen molar-refractivity contribution in [2.45, 2.75) is 43.2 Å². The van der Waals surface area contributed by atoms with Gasteiger partial charge in [-0.2, -0.15) is 4.31 Å². The van der Waals surface area contributed by atoms with E-state index in [0.29, 0.717) is 32.7 Å². The van der Waals surface area contributed by atoms with Crippen LogP contribution in [0.25, 0.3) is 22.2 Å². The zero-order valence-corrected chi connectivity index (χ0v) is 24.6. The Balaban J connectivity index is 1.13. The SMILES string of the molecule is Cc1ccc2cc(-c3cc(S(=O)(=O)N4CC[C@H]4C(=O)N4CCOC(Cc5ccccc5)C4)ccc3N3CCC3)[nH]c2c1. The number of morpholine rings is 1. The van der Waals surface area contributed by atoms with E-state index >= 15 is 0 Å². The maximum Gasteiger partial charge on any atom is 0.243 e. The van der Waals surface area contributed by atoms with Gasteiger partial charge in [-0.05, 0) is 61.2 Å². The molecule has 218 valence electrons. The Hall–Kier alpha value is -3.66. The first-order chi connectivity index (χ1) is 20.4. The van der Waals surface area contributed by atoms with E-state index < -0.39 is 16.1 Å². The molecule has 9 heteroatoms. The number of rotatable bonds is 7. The van der Waals surface area contributed by atoms with Gasteiger partial charge in [0, 0.05) is 67.0 Å². The summed E-state index contributed by atoms with van der Waals surface area (Å²) in [7, 11) is -3.87. The first kappa shape index (κ1) is 27.2. The maximum absolute atomic E-state index is 14.0. The molecule has 7 rings (SSSR count). The molecule has 1 aromatic heterocycles. The van der Waals surface area contributed by atoms with Crippen LogP contribution in [0.15, 0.2) is 77.7 Å². The number of H-pyrrole nitrogens is 1. The van der Waals surface area contributed by atoms with Crippen molar-refractivity contribution < 1.29 is 17.9 Å². The Morgan fingerprint density at radius 2 is 1.81 bits per heavy atom. The first-order valence-electron chi connectivity index (χ1n) is 14.8. The van der Waals surface area contributed by atoms with Crippen LogP contribution in [0.1, 0.15) is 24.0 Å². The second kappa shape index (κ2) is 10.9. The monoisotopic (exact) mass is 584 g/mol. The summed E-state index contributed by atoms with van der Waals surface area (Å²) in [5.74, 6) is -0.130. The molecule has 8 nitrogen and oxygen atoms in total. The van der Waals surface area contributed by atoms with E-state index in [-0.39, 0.29) is 16.9 Å². The summed E-state index contributed by atoms with van der Waals surface area (Å²) >= 11 is 0. The number of carbonyl (C=O) groups is 1. The lowest BCUT2D eigenvalue weighted by Gasteiger charge is -2.43. The number of hydrogen-bond acceptors (Lipinski definition) is 5. The van der Waals surface area contributed by atoms with Gasteiger partial charge in [-0.15, -0.1) is 0 Å². The second-order valence-corrected chi connectivity index (χ2v) is 13.6. The Bertz CT molecular complexity index is 1730. The third-order valence-corrected chi connectivity index (χ3v) is 10.8. The zero-order valence-electron chi connectivity index (χ0n) is 23.8. The zero-order chi connectivity index (χ0) is 28.8. The van der Waals surface area contributed by atoms with E-state index in [1.54, 1.807) is 17.0 Å². The van der Waals surface area contributed by atoms with Crippen LogP contribution in [0.2, 0.25) is 0 Å². The largest absolute Gasteiger partial charge is 0.374 e. The van der Waals surface area contributed by atoms with E-state index in [4.69, 9.17) is 4.74 Å². The van der Waals surface area contributed by atoms with Crippen LogP contribution in [0, 0.1) is 6.92 Å². The number of ether oxygens (including phenoxy) is 1. The van der Waals surface area contributed by atoms with Gasteiger partial charge in [0.2, 0.25) is 15.9 Å². The first-order valence-corrected chi connectivity index (χ1v) is 16.3.